The molecule has 0 unspecified atom stereocenters. The lowest BCUT2D eigenvalue weighted by Crippen LogP contribution is -2.56. The Balaban J connectivity index is 2.55. The molecule has 3 rings (SSSR count). The number of benzene rings is 3. The second-order valence-corrected chi connectivity index (χ2v) is 11.0. The summed E-state index contributed by atoms with van der Waals surface area (Å²) in [7, 11) is -3.71. The second-order valence-electron chi connectivity index (χ2n) is 7.47. The van der Waals surface area contributed by atoms with Gasteiger partial charge in [0.25, 0.3) is 0 Å². The highest BCUT2D eigenvalue weighted by molar-refractivity contribution is 7.95. The van der Waals surface area contributed by atoms with Gasteiger partial charge in [-0.25, -0.2) is 0 Å². The first kappa shape index (κ1) is 25.2. The number of halogens is 6. The van der Waals surface area contributed by atoms with Crippen molar-refractivity contribution < 1.29 is 26.3 Å². The van der Waals surface area contributed by atoms with Crippen LogP contribution in [0.5, 0.6) is 0 Å². The predicted octanol–water partition coefficient (Wildman–Crippen LogP) is 5.78. The molecular formula is C25H17F6N2P. The van der Waals surface area contributed by atoms with Crippen molar-refractivity contribution in [3.63, 3.8) is 0 Å². The molecule has 2 nitrogen and oxygen atoms in total. The van der Waals surface area contributed by atoms with Crippen molar-refractivity contribution in [2.75, 3.05) is 6.16 Å². The van der Waals surface area contributed by atoms with Gasteiger partial charge in [0, 0.05) is 0 Å². The van der Waals surface area contributed by atoms with Gasteiger partial charge in [0.05, 0.1) is 5.57 Å². The molecule has 0 aliphatic heterocycles. The SMILES string of the molecule is N#CC(=C=[N-])C(C[P+](c1ccccc1)(c1ccccc1)c1ccccc1)(C(F)(F)F)C(F)(F)F. The molecule has 0 amide bonds. The summed E-state index contributed by atoms with van der Waals surface area (Å²) >= 11 is 0. The predicted molar refractivity (Wildman–Crippen MR) is 122 cm³/mol. The highest BCUT2D eigenvalue weighted by Crippen LogP contribution is 2.66. The van der Waals surface area contributed by atoms with E-state index >= 15 is 0 Å². The molecule has 9 heteroatoms. The molecule has 0 heterocycles. The molecule has 0 saturated heterocycles. The monoisotopic (exact) mass is 490 g/mol. The standard InChI is InChI=1S/C25H17F6N2P/c26-24(27,28)23(25(29,30)31,19(16-32)17-33)18-34(20-10-4-1-5-11-20,21-12-6-2-7-13-21)22-14-8-3-9-15-22/h1-15H,18H2. The zero-order valence-corrected chi connectivity index (χ0v) is 18.4. The summed E-state index contributed by atoms with van der Waals surface area (Å²) in [5.41, 5.74) is -6.60. The van der Waals surface area contributed by atoms with E-state index in [1.54, 1.807) is 18.2 Å². The molecular weight excluding hydrogens is 473 g/mol. The van der Waals surface area contributed by atoms with Crippen molar-refractivity contribution in [1.82, 2.24) is 0 Å². The van der Waals surface area contributed by atoms with Gasteiger partial charge < -0.3 is 5.41 Å². The van der Waals surface area contributed by atoms with E-state index in [-0.39, 0.29) is 15.9 Å². The van der Waals surface area contributed by atoms with Gasteiger partial charge in [-0.15, -0.1) is 0 Å². The lowest BCUT2D eigenvalue weighted by Gasteiger charge is -2.40. The van der Waals surface area contributed by atoms with Crippen LogP contribution in [0.1, 0.15) is 0 Å². The molecule has 3 aromatic rings. The van der Waals surface area contributed by atoms with Crippen LogP contribution in [0, 0.1) is 16.7 Å². The number of nitrogens with zero attached hydrogens (tertiary/aromatic N) is 2. The fraction of sp³-hybridized carbons (Fsp3) is 0.160. The Morgan fingerprint density at radius 2 is 1.00 bits per heavy atom. The number of hydrogen-bond donors (Lipinski definition) is 0. The molecule has 0 atom stereocenters. The largest absolute Gasteiger partial charge is 0.762 e. The van der Waals surface area contributed by atoms with Crippen molar-refractivity contribution in [2.24, 2.45) is 5.41 Å². The summed E-state index contributed by atoms with van der Waals surface area (Å²) in [5, 5.41) is 19.4. The van der Waals surface area contributed by atoms with E-state index in [0.29, 0.717) is 0 Å². The van der Waals surface area contributed by atoms with Crippen LogP contribution in [-0.2, 0) is 0 Å². The smallest absolute Gasteiger partial charge is 0.412 e. The molecule has 34 heavy (non-hydrogen) atoms. The van der Waals surface area contributed by atoms with Crippen LogP contribution in [0.4, 0.5) is 26.3 Å². The van der Waals surface area contributed by atoms with E-state index in [4.69, 9.17) is 0 Å². The van der Waals surface area contributed by atoms with Crippen LogP contribution in [0.15, 0.2) is 96.6 Å². The summed E-state index contributed by atoms with van der Waals surface area (Å²) in [4.78, 5) is 0. The first-order valence-electron chi connectivity index (χ1n) is 9.90. The Bertz CT molecular complexity index is 1100. The minimum Gasteiger partial charge on any atom is -0.762 e. The van der Waals surface area contributed by atoms with Gasteiger partial charge in [-0.3, -0.25) is 5.87 Å². The zero-order valence-electron chi connectivity index (χ0n) is 17.5. The van der Waals surface area contributed by atoms with Gasteiger partial charge in [-0.2, -0.15) is 31.6 Å². The maximum atomic E-state index is 14.5. The molecule has 0 radical (unpaired) electrons. The summed E-state index contributed by atoms with van der Waals surface area (Å²) in [6, 6.07) is 23.9. The summed E-state index contributed by atoms with van der Waals surface area (Å²) in [6.07, 6.45) is -13.5. The van der Waals surface area contributed by atoms with Crippen molar-refractivity contribution in [3.05, 3.63) is 102 Å². The van der Waals surface area contributed by atoms with Crippen LogP contribution in [-0.4, -0.2) is 24.4 Å². The Labute approximate surface area is 193 Å². The third-order valence-electron chi connectivity index (χ3n) is 5.68. The Morgan fingerprint density at radius 3 is 1.24 bits per heavy atom. The van der Waals surface area contributed by atoms with Crippen molar-refractivity contribution in [1.29, 1.82) is 5.26 Å². The molecule has 0 spiro atoms. The van der Waals surface area contributed by atoms with Gasteiger partial charge >= 0.3 is 12.4 Å². The Hall–Kier alpha value is -3.39. The average molecular weight is 490 g/mol. The number of hydrogen-bond acceptors (Lipinski definition) is 1. The van der Waals surface area contributed by atoms with Crippen LogP contribution in [0.2, 0.25) is 0 Å². The van der Waals surface area contributed by atoms with Gasteiger partial charge in [-0.05, 0) is 36.4 Å². The minimum absolute atomic E-state index is 0.264. The second kappa shape index (κ2) is 9.46. The van der Waals surface area contributed by atoms with Crippen molar-refractivity contribution in [3.8, 4) is 6.07 Å². The summed E-state index contributed by atoms with van der Waals surface area (Å²) in [6.45, 7) is 0. The maximum Gasteiger partial charge on any atom is 0.412 e. The Kier molecular flexibility index (Phi) is 7.02. The molecule has 0 fully saturated rings. The third kappa shape index (κ3) is 4.14. The van der Waals surface area contributed by atoms with E-state index in [9.17, 15) is 37.0 Å². The number of allylic oxidation sites excluding steroid dienone is 1. The number of nitriles is 1. The van der Waals surface area contributed by atoms with Gasteiger partial charge in [0.15, 0.2) is 0 Å². The molecule has 0 N–H and O–H groups in total. The van der Waals surface area contributed by atoms with Crippen LogP contribution in [0.25, 0.3) is 5.41 Å². The van der Waals surface area contributed by atoms with Crippen LogP contribution < -0.4 is 15.9 Å². The minimum atomic E-state index is -5.96. The lowest BCUT2D eigenvalue weighted by molar-refractivity contribution is -0.315. The van der Waals surface area contributed by atoms with Crippen molar-refractivity contribution >= 4 is 29.0 Å². The normalized spacial score (nSPS) is 12.5. The van der Waals surface area contributed by atoms with Gasteiger partial charge in [0.1, 0.15) is 35.4 Å². The molecule has 3 aromatic carbocycles. The maximum absolute atomic E-state index is 14.5. The molecule has 0 aromatic heterocycles. The first-order chi connectivity index (χ1) is 16.0. The summed E-state index contributed by atoms with van der Waals surface area (Å²) < 4.78 is 87.3. The first-order valence-corrected chi connectivity index (χ1v) is 11.9. The number of rotatable bonds is 6. The number of alkyl halides is 6. The molecule has 0 bridgehead atoms. The third-order valence-corrected chi connectivity index (χ3v) is 10.2. The fourth-order valence-corrected chi connectivity index (χ4v) is 8.76. The highest BCUT2D eigenvalue weighted by atomic mass is 31.2. The average Bonchev–Trinajstić information content (AvgIpc) is 2.82. The van der Waals surface area contributed by atoms with Gasteiger partial charge in [0.2, 0.25) is 5.41 Å². The van der Waals surface area contributed by atoms with E-state index < -0.39 is 36.8 Å². The molecule has 174 valence electrons. The lowest BCUT2D eigenvalue weighted by atomic mass is 9.81. The van der Waals surface area contributed by atoms with E-state index in [2.05, 4.69) is 0 Å². The summed E-state index contributed by atoms with van der Waals surface area (Å²) in [5.74, 6) is 0.916. The molecule has 0 aliphatic rings. The van der Waals surface area contributed by atoms with E-state index in [1.807, 2.05) is 0 Å². The topological polar surface area (TPSA) is 46.1 Å². The molecule has 0 saturated carbocycles. The highest BCUT2D eigenvalue weighted by Gasteiger charge is 2.77. The van der Waals surface area contributed by atoms with Crippen LogP contribution >= 0.6 is 7.26 Å². The van der Waals surface area contributed by atoms with Crippen LogP contribution in [0.3, 0.4) is 0 Å². The quantitative estimate of drug-likeness (QED) is 0.187. The van der Waals surface area contributed by atoms with E-state index in [0.717, 1.165) is 11.9 Å². The van der Waals surface area contributed by atoms with E-state index in [1.165, 1.54) is 72.8 Å². The van der Waals surface area contributed by atoms with Gasteiger partial charge in [-0.1, -0.05) is 54.6 Å². The fourth-order valence-electron chi connectivity index (χ4n) is 4.04. The zero-order chi connectivity index (χ0) is 25.0. The molecule has 0 aliphatic carbocycles. The Morgan fingerprint density at radius 1 is 0.676 bits per heavy atom. The van der Waals surface area contributed by atoms with Crippen molar-refractivity contribution in [2.45, 2.75) is 12.4 Å².